The van der Waals surface area contributed by atoms with E-state index in [9.17, 15) is 9.59 Å². The smallest absolute Gasteiger partial charge is 0.241 e. The Morgan fingerprint density at radius 1 is 1.25 bits per heavy atom. The summed E-state index contributed by atoms with van der Waals surface area (Å²) in [6, 6.07) is -0.499. The number of hydrogen-bond acceptors (Lipinski definition) is 3. The Balaban J connectivity index is 4.48. The predicted octanol–water partition coefficient (Wildman–Crippen LogP) is 0.0505. The molecule has 2 amide bonds. The number of amides is 2. The molecule has 0 unspecified atom stereocenters. The van der Waals surface area contributed by atoms with Gasteiger partial charge in [0.15, 0.2) is 0 Å². The topological polar surface area (TPSA) is 66.6 Å². The summed E-state index contributed by atoms with van der Waals surface area (Å²) >= 11 is 0. The van der Waals surface area contributed by atoms with E-state index in [0.717, 1.165) is 6.42 Å². The van der Waals surface area contributed by atoms with Crippen molar-refractivity contribution in [3.05, 3.63) is 0 Å². The minimum atomic E-state index is -0.499. The highest BCUT2D eigenvalue weighted by Gasteiger charge is 2.21. The van der Waals surface area contributed by atoms with Crippen molar-refractivity contribution < 1.29 is 9.59 Å². The average molecular weight is 229 g/mol. The summed E-state index contributed by atoms with van der Waals surface area (Å²) in [6.45, 7) is 4.53. The molecule has 0 aliphatic heterocycles. The zero-order valence-electron chi connectivity index (χ0n) is 10.7. The van der Waals surface area contributed by atoms with Crippen LogP contribution in [0.15, 0.2) is 0 Å². The van der Waals surface area contributed by atoms with Gasteiger partial charge in [-0.15, -0.1) is 0 Å². The Morgan fingerprint density at radius 2 is 1.81 bits per heavy atom. The first-order chi connectivity index (χ1) is 7.43. The second kappa shape index (κ2) is 7.22. The second-order valence-electron chi connectivity index (χ2n) is 4.06. The van der Waals surface area contributed by atoms with Crippen molar-refractivity contribution in [2.24, 2.45) is 5.73 Å². The number of hydrogen-bond donors (Lipinski definition) is 1. The Hall–Kier alpha value is -1.10. The maximum Gasteiger partial charge on any atom is 0.241 e. The van der Waals surface area contributed by atoms with Crippen LogP contribution in [0.25, 0.3) is 0 Å². The van der Waals surface area contributed by atoms with Gasteiger partial charge in [-0.05, 0) is 12.8 Å². The summed E-state index contributed by atoms with van der Waals surface area (Å²) in [5, 5.41) is 0. The Labute approximate surface area is 97.6 Å². The molecule has 0 aliphatic rings. The van der Waals surface area contributed by atoms with Crippen LogP contribution in [0.2, 0.25) is 0 Å². The molecule has 0 aromatic carbocycles. The Kier molecular flexibility index (Phi) is 6.72. The molecule has 0 fully saturated rings. The molecule has 5 heteroatoms. The van der Waals surface area contributed by atoms with Crippen LogP contribution in [0.3, 0.4) is 0 Å². The molecule has 5 nitrogen and oxygen atoms in total. The summed E-state index contributed by atoms with van der Waals surface area (Å²) in [5.74, 6) is -0.218. The number of carbonyl (C=O) groups excluding carboxylic acids is 2. The molecule has 0 saturated heterocycles. The molecule has 0 radical (unpaired) electrons. The SMILES string of the molecule is CCCN(CC(=O)N(C)C)C(=O)[C@H](N)CC. The highest BCUT2D eigenvalue weighted by Crippen LogP contribution is 2.00. The zero-order chi connectivity index (χ0) is 12.7. The van der Waals surface area contributed by atoms with Gasteiger partial charge in [0.05, 0.1) is 12.6 Å². The van der Waals surface area contributed by atoms with E-state index >= 15 is 0 Å². The van der Waals surface area contributed by atoms with Crippen LogP contribution in [0.5, 0.6) is 0 Å². The molecule has 0 spiro atoms. The summed E-state index contributed by atoms with van der Waals surface area (Å²) in [5.41, 5.74) is 5.68. The van der Waals surface area contributed by atoms with Crippen LogP contribution in [-0.4, -0.2) is 54.8 Å². The molecule has 0 aromatic rings. The van der Waals surface area contributed by atoms with Crippen LogP contribution in [0.4, 0.5) is 0 Å². The third kappa shape index (κ3) is 4.61. The van der Waals surface area contributed by atoms with Crippen molar-refractivity contribution in [3.8, 4) is 0 Å². The van der Waals surface area contributed by atoms with Crippen LogP contribution in [0.1, 0.15) is 26.7 Å². The quantitative estimate of drug-likeness (QED) is 0.700. The molecule has 1 atom stereocenters. The fourth-order valence-corrected chi connectivity index (χ4v) is 1.25. The van der Waals surface area contributed by atoms with Gasteiger partial charge in [0.2, 0.25) is 11.8 Å². The van der Waals surface area contributed by atoms with E-state index in [4.69, 9.17) is 5.73 Å². The molecular formula is C11H23N3O2. The van der Waals surface area contributed by atoms with Gasteiger partial charge < -0.3 is 15.5 Å². The first kappa shape index (κ1) is 14.9. The first-order valence-electron chi connectivity index (χ1n) is 5.68. The van der Waals surface area contributed by atoms with Crippen molar-refractivity contribution in [2.45, 2.75) is 32.7 Å². The average Bonchev–Trinajstić information content (AvgIpc) is 2.26. The monoisotopic (exact) mass is 229 g/mol. The lowest BCUT2D eigenvalue weighted by Crippen LogP contribution is -2.47. The lowest BCUT2D eigenvalue weighted by atomic mass is 10.2. The molecule has 16 heavy (non-hydrogen) atoms. The van der Waals surface area contributed by atoms with Crippen molar-refractivity contribution in [1.82, 2.24) is 9.80 Å². The highest BCUT2D eigenvalue weighted by atomic mass is 16.2. The van der Waals surface area contributed by atoms with Gasteiger partial charge in [-0.3, -0.25) is 9.59 Å². The van der Waals surface area contributed by atoms with Crippen LogP contribution in [0, 0.1) is 0 Å². The number of likely N-dealkylation sites (N-methyl/N-ethyl adjacent to an activating group) is 1. The van der Waals surface area contributed by atoms with Crippen LogP contribution < -0.4 is 5.73 Å². The second-order valence-corrected chi connectivity index (χ2v) is 4.06. The third-order valence-electron chi connectivity index (χ3n) is 2.39. The van der Waals surface area contributed by atoms with E-state index in [1.165, 1.54) is 9.80 Å². The van der Waals surface area contributed by atoms with Gasteiger partial charge in [-0.1, -0.05) is 13.8 Å². The number of carbonyl (C=O) groups is 2. The normalized spacial score (nSPS) is 12.1. The molecule has 0 aliphatic carbocycles. The zero-order valence-corrected chi connectivity index (χ0v) is 10.7. The highest BCUT2D eigenvalue weighted by molar-refractivity contribution is 5.87. The number of nitrogens with zero attached hydrogens (tertiary/aromatic N) is 2. The van der Waals surface area contributed by atoms with Gasteiger partial charge in [0.1, 0.15) is 0 Å². The minimum Gasteiger partial charge on any atom is -0.347 e. The fraction of sp³-hybridized carbons (Fsp3) is 0.818. The van der Waals surface area contributed by atoms with Gasteiger partial charge in [0, 0.05) is 20.6 Å². The van der Waals surface area contributed by atoms with Crippen LogP contribution in [-0.2, 0) is 9.59 Å². The molecule has 0 bridgehead atoms. The van der Waals surface area contributed by atoms with Crippen molar-refractivity contribution >= 4 is 11.8 Å². The Bertz CT molecular complexity index is 241. The van der Waals surface area contributed by atoms with Gasteiger partial charge in [0.25, 0.3) is 0 Å². The first-order valence-corrected chi connectivity index (χ1v) is 5.68. The van der Waals surface area contributed by atoms with Crippen molar-refractivity contribution in [2.75, 3.05) is 27.2 Å². The molecule has 0 rings (SSSR count). The van der Waals surface area contributed by atoms with E-state index in [0.29, 0.717) is 13.0 Å². The van der Waals surface area contributed by atoms with Crippen molar-refractivity contribution in [3.63, 3.8) is 0 Å². The largest absolute Gasteiger partial charge is 0.347 e. The maximum absolute atomic E-state index is 11.9. The summed E-state index contributed by atoms with van der Waals surface area (Å²) in [4.78, 5) is 26.4. The fourth-order valence-electron chi connectivity index (χ4n) is 1.25. The van der Waals surface area contributed by atoms with E-state index in [-0.39, 0.29) is 18.4 Å². The van der Waals surface area contributed by atoms with E-state index in [2.05, 4.69) is 0 Å². The molecular weight excluding hydrogens is 206 g/mol. The van der Waals surface area contributed by atoms with E-state index in [1.807, 2.05) is 13.8 Å². The van der Waals surface area contributed by atoms with Gasteiger partial charge in [-0.25, -0.2) is 0 Å². The Morgan fingerprint density at radius 3 is 2.19 bits per heavy atom. The van der Waals surface area contributed by atoms with Crippen molar-refractivity contribution in [1.29, 1.82) is 0 Å². The molecule has 0 heterocycles. The molecule has 2 N–H and O–H groups in total. The molecule has 0 aromatic heterocycles. The van der Waals surface area contributed by atoms with Gasteiger partial charge in [-0.2, -0.15) is 0 Å². The van der Waals surface area contributed by atoms with Crippen LogP contribution >= 0.6 is 0 Å². The maximum atomic E-state index is 11.9. The van der Waals surface area contributed by atoms with E-state index in [1.54, 1.807) is 14.1 Å². The molecule has 94 valence electrons. The number of nitrogens with two attached hydrogens (primary N) is 1. The minimum absolute atomic E-state index is 0.0786. The third-order valence-corrected chi connectivity index (χ3v) is 2.39. The standard InChI is InChI=1S/C11H23N3O2/c1-5-7-14(8-10(15)13(3)4)11(16)9(12)6-2/h9H,5-8,12H2,1-4H3/t9-/m1/s1. The molecule has 0 saturated carbocycles. The lowest BCUT2D eigenvalue weighted by Gasteiger charge is -2.25. The summed E-state index contributed by atoms with van der Waals surface area (Å²) < 4.78 is 0. The van der Waals surface area contributed by atoms with E-state index < -0.39 is 6.04 Å². The summed E-state index contributed by atoms with van der Waals surface area (Å²) in [7, 11) is 3.35. The summed E-state index contributed by atoms with van der Waals surface area (Å²) in [6.07, 6.45) is 1.41. The predicted molar refractivity (Wildman–Crippen MR) is 63.8 cm³/mol. The lowest BCUT2D eigenvalue weighted by molar-refractivity contribution is -0.140. The van der Waals surface area contributed by atoms with Gasteiger partial charge >= 0.3 is 0 Å². The number of rotatable bonds is 6.